The van der Waals surface area contributed by atoms with Gasteiger partial charge in [-0.25, -0.2) is 4.39 Å². The highest BCUT2D eigenvalue weighted by Gasteiger charge is 2.08. The van der Waals surface area contributed by atoms with Crippen LogP contribution in [0.2, 0.25) is 0 Å². The van der Waals surface area contributed by atoms with E-state index in [1.807, 2.05) is 0 Å². The van der Waals surface area contributed by atoms with Crippen molar-refractivity contribution in [3.63, 3.8) is 0 Å². The molecule has 2 N–H and O–H groups in total. The molecule has 1 aromatic rings. The van der Waals surface area contributed by atoms with Crippen LogP contribution in [0.5, 0.6) is 0 Å². The molecule has 0 aromatic heterocycles. The first-order valence-corrected chi connectivity index (χ1v) is 4.75. The number of aliphatic hydroxyl groups excluding tert-OH is 1. The molecule has 3 nitrogen and oxygen atoms in total. The number of benzene rings is 1. The van der Waals surface area contributed by atoms with E-state index in [4.69, 9.17) is 5.11 Å². The molecular formula is C11H13FO3. The third kappa shape index (κ3) is 4.08. The molecule has 0 fully saturated rings. The second-order valence-electron chi connectivity index (χ2n) is 3.35. The van der Waals surface area contributed by atoms with E-state index >= 15 is 0 Å². The Hall–Kier alpha value is -1.42. The number of carbonyl (C=O) groups is 1. The Balaban J connectivity index is 2.43. The minimum Gasteiger partial charge on any atom is -0.481 e. The zero-order chi connectivity index (χ0) is 11.3. The molecule has 1 atom stereocenters. The molecule has 0 bridgehead atoms. The number of rotatable bonds is 5. The van der Waals surface area contributed by atoms with Gasteiger partial charge in [0.25, 0.3) is 0 Å². The van der Waals surface area contributed by atoms with Gasteiger partial charge in [0.05, 0.1) is 6.10 Å². The van der Waals surface area contributed by atoms with Crippen LogP contribution in [0.25, 0.3) is 0 Å². The van der Waals surface area contributed by atoms with Crippen LogP contribution in [0, 0.1) is 5.82 Å². The van der Waals surface area contributed by atoms with E-state index in [2.05, 4.69) is 0 Å². The maximum absolute atomic E-state index is 12.5. The van der Waals surface area contributed by atoms with E-state index in [0.29, 0.717) is 18.4 Å². The normalized spacial score (nSPS) is 12.4. The Morgan fingerprint density at radius 1 is 1.33 bits per heavy atom. The summed E-state index contributed by atoms with van der Waals surface area (Å²) in [6.07, 6.45) is 0.106. The summed E-state index contributed by atoms with van der Waals surface area (Å²) in [5.74, 6) is -1.22. The minimum absolute atomic E-state index is 0.0399. The van der Waals surface area contributed by atoms with Crippen molar-refractivity contribution < 1.29 is 19.4 Å². The van der Waals surface area contributed by atoms with Gasteiger partial charge >= 0.3 is 5.97 Å². The van der Waals surface area contributed by atoms with Crippen molar-refractivity contribution in [2.45, 2.75) is 25.4 Å². The lowest BCUT2D eigenvalue weighted by Crippen LogP contribution is -2.00. The van der Waals surface area contributed by atoms with Crippen LogP contribution in [0.3, 0.4) is 0 Å². The zero-order valence-corrected chi connectivity index (χ0v) is 8.19. The third-order valence-electron chi connectivity index (χ3n) is 2.12. The van der Waals surface area contributed by atoms with Gasteiger partial charge in [-0.3, -0.25) is 4.79 Å². The number of hydrogen-bond donors (Lipinski definition) is 2. The van der Waals surface area contributed by atoms with Crippen molar-refractivity contribution in [2.75, 3.05) is 0 Å². The molecule has 1 unspecified atom stereocenters. The summed E-state index contributed by atoms with van der Waals surface area (Å²) in [5.41, 5.74) is 0.613. The van der Waals surface area contributed by atoms with E-state index in [1.54, 1.807) is 0 Å². The Bertz CT molecular complexity index is 321. The second-order valence-corrected chi connectivity index (χ2v) is 3.35. The zero-order valence-electron chi connectivity index (χ0n) is 8.19. The highest BCUT2D eigenvalue weighted by atomic mass is 19.1. The van der Waals surface area contributed by atoms with Gasteiger partial charge in [-0.2, -0.15) is 0 Å². The van der Waals surface area contributed by atoms with E-state index in [-0.39, 0.29) is 12.2 Å². The third-order valence-corrected chi connectivity index (χ3v) is 2.12. The lowest BCUT2D eigenvalue weighted by Gasteiger charge is -2.09. The molecule has 0 spiro atoms. The maximum Gasteiger partial charge on any atom is 0.303 e. The highest BCUT2D eigenvalue weighted by molar-refractivity contribution is 5.66. The monoisotopic (exact) mass is 212 g/mol. The molecule has 1 rings (SSSR count). The van der Waals surface area contributed by atoms with E-state index in [0.717, 1.165) is 0 Å². The van der Waals surface area contributed by atoms with Gasteiger partial charge in [0.15, 0.2) is 0 Å². The molecule has 1 aromatic carbocycles. The van der Waals surface area contributed by atoms with Crippen molar-refractivity contribution in [3.05, 3.63) is 35.6 Å². The van der Waals surface area contributed by atoms with Gasteiger partial charge in [0, 0.05) is 6.42 Å². The topological polar surface area (TPSA) is 57.5 Å². The summed E-state index contributed by atoms with van der Waals surface area (Å²) in [6, 6.07) is 5.55. The number of hydrogen-bond acceptors (Lipinski definition) is 2. The number of carboxylic acids is 1. The predicted molar refractivity (Wildman–Crippen MR) is 52.8 cm³/mol. The van der Waals surface area contributed by atoms with E-state index < -0.39 is 12.1 Å². The number of aliphatic hydroxyl groups is 1. The molecule has 0 aliphatic carbocycles. The van der Waals surface area contributed by atoms with Gasteiger partial charge in [-0.1, -0.05) is 12.1 Å². The molecular weight excluding hydrogens is 199 g/mol. The smallest absolute Gasteiger partial charge is 0.303 e. The van der Waals surface area contributed by atoms with Crippen LogP contribution < -0.4 is 0 Å². The largest absolute Gasteiger partial charge is 0.481 e. The molecule has 0 aliphatic rings. The Morgan fingerprint density at radius 3 is 2.47 bits per heavy atom. The van der Waals surface area contributed by atoms with Crippen molar-refractivity contribution in [3.8, 4) is 0 Å². The fourth-order valence-electron chi connectivity index (χ4n) is 1.30. The van der Waals surface area contributed by atoms with Gasteiger partial charge in [0.2, 0.25) is 0 Å². The summed E-state index contributed by atoms with van der Waals surface area (Å²) in [7, 11) is 0. The lowest BCUT2D eigenvalue weighted by molar-refractivity contribution is -0.137. The van der Waals surface area contributed by atoms with Crippen LogP contribution in [0.1, 0.15) is 30.9 Å². The number of carboxylic acid groups (broad SMARTS) is 1. The SMILES string of the molecule is O=C(O)CCCC(O)c1ccc(F)cc1. The van der Waals surface area contributed by atoms with Gasteiger partial charge < -0.3 is 10.2 Å². The minimum atomic E-state index is -0.874. The van der Waals surface area contributed by atoms with Gasteiger partial charge in [-0.05, 0) is 30.5 Å². The van der Waals surface area contributed by atoms with Gasteiger partial charge in [0.1, 0.15) is 5.82 Å². The number of halogens is 1. The molecule has 15 heavy (non-hydrogen) atoms. The molecule has 0 saturated heterocycles. The van der Waals surface area contributed by atoms with Crippen LogP contribution in [0.4, 0.5) is 4.39 Å². The fraction of sp³-hybridized carbons (Fsp3) is 0.364. The lowest BCUT2D eigenvalue weighted by atomic mass is 10.0. The fourth-order valence-corrected chi connectivity index (χ4v) is 1.30. The molecule has 0 aliphatic heterocycles. The average molecular weight is 212 g/mol. The molecule has 0 radical (unpaired) electrons. The predicted octanol–water partition coefficient (Wildman–Crippen LogP) is 2.11. The summed E-state index contributed by atoms with van der Waals surface area (Å²) in [4.78, 5) is 10.2. The van der Waals surface area contributed by atoms with Crippen molar-refractivity contribution in [1.82, 2.24) is 0 Å². The van der Waals surface area contributed by atoms with Crippen LogP contribution in [0.15, 0.2) is 24.3 Å². The second kappa shape index (κ2) is 5.46. The van der Waals surface area contributed by atoms with Crippen molar-refractivity contribution >= 4 is 5.97 Å². The van der Waals surface area contributed by atoms with Crippen LogP contribution in [-0.2, 0) is 4.79 Å². The first-order valence-electron chi connectivity index (χ1n) is 4.75. The van der Waals surface area contributed by atoms with Crippen molar-refractivity contribution in [1.29, 1.82) is 0 Å². The van der Waals surface area contributed by atoms with Gasteiger partial charge in [-0.15, -0.1) is 0 Å². The van der Waals surface area contributed by atoms with Crippen LogP contribution >= 0.6 is 0 Å². The Morgan fingerprint density at radius 2 is 1.93 bits per heavy atom. The average Bonchev–Trinajstić information content (AvgIpc) is 2.18. The van der Waals surface area contributed by atoms with Crippen LogP contribution in [-0.4, -0.2) is 16.2 Å². The van der Waals surface area contributed by atoms with E-state index in [9.17, 15) is 14.3 Å². The first-order chi connectivity index (χ1) is 7.09. The summed E-state index contributed by atoms with van der Waals surface area (Å²) in [6.45, 7) is 0. The molecule has 4 heteroatoms. The summed E-state index contributed by atoms with van der Waals surface area (Å²) in [5, 5.41) is 18.0. The Labute approximate surface area is 87.2 Å². The highest BCUT2D eigenvalue weighted by Crippen LogP contribution is 2.19. The van der Waals surface area contributed by atoms with Crippen molar-refractivity contribution in [2.24, 2.45) is 0 Å². The summed E-state index contributed by atoms with van der Waals surface area (Å²) < 4.78 is 12.5. The summed E-state index contributed by atoms with van der Waals surface area (Å²) >= 11 is 0. The molecule has 0 heterocycles. The molecule has 82 valence electrons. The maximum atomic E-state index is 12.5. The molecule has 0 amide bonds. The number of aliphatic carboxylic acids is 1. The molecule has 0 saturated carbocycles. The standard InChI is InChI=1S/C11H13FO3/c12-9-6-4-8(5-7-9)10(13)2-1-3-11(14)15/h4-7,10,13H,1-3H2,(H,14,15). The van der Waals surface area contributed by atoms with E-state index in [1.165, 1.54) is 24.3 Å². The Kier molecular flexibility index (Phi) is 4.24. The quantitative estimate of drug-likeness (QED) is 0.785. The first kappa shape index (κ1) is 11.7.